The standard InChI is InChI=1S/C16H11ClF3N3S/c17-13-5-1-11(2-6-13)9-23-15(24-10-21-23)22-14-7-3-12(4-8-14)16(18,19)20/h1-8,10H,9H2. The first-order valence-electron chi connectivity index (χ1n) is 6.89. The van der Waals surface area contributed by atoms with Crippen molar-refractivity contribution in [1.82, 2.24) is 9.78 Å². The Kier molecular flexibility index (Phi) is 4.73. The van der Waals surface area contributed by atoms with E-state index in [2.05, 4.69) is 10.1 Å². The summed E-state index contributed by atoms with van der Waals surface area (Å²) in [4.78, 5) is 4.97. The maximum absolute atomic E-state index is 12.6. The predicted molar refractivity (Wildman–Crippen MR) is 87.3 cm³/mol. The second-order valence-corrected chi connectivity index (χ2v) is 6.21. The molecule has 0 spiro atoms. The van der Waals surface area contributed by atoms with Crippen molar-refractivity contribution >= 4 is 28.6 Å². The average molecular weight is 370 g/mol. The van der Waals surface area contributed by atoms with E-state index in [0.29, 0.717) is 22.1 Å². The Balaban J connectivity index is 1.86. The molecule has 1 aromatic heterocycles. The van der Waals surface area contributed by atoms with Gasteiger partial charge in [-0.2, -0.15) is 18.3 Å². The second kappa shape index (κ2) is 6.78. The highest BCUT2D eigenvalue weighted by Gasteiger charge is 2.29. The van der Waals surface area contributed by atoms with Gasteiger partial charge in [0.25, 0.3) is 0 Å². The molecule has 3 rings (SSSR count). The van der Waals surface area contributed by atoms with Crippen LogP contribution in [0.15, 0.2) is 59.0 Å². The van der Waals surface area contributed by atoms with Crippen LogP contribution in [0.3, 0.4) is 0 Å². The van der Waals surface area contributed by atoms with Crippen LogP contribution in [0, 0.1) is 0 Å². The Hall–Kier alpha value is -2.12. The molecule has 0 saturated carbocycles. The Labute approximate surface area is 144 Å². The molecular formula is C16H11ClF3N3S. The number of halogens is 4. The van der Waals surface area contributed by atoms with Gasteiger partial charge in [0, 0.05) is 5.02 Å². The molecule has 24 heavy (non-hydrogen) atoms. The van der Waals surface area contributed by atoms with E-state index in [0.717, 1.165) is 17.7 Å². The third kappa shape index (κ3) is 4.04. The van der Waals surface area contributed by atoms with Crippen LogP contribution in [0.25, 0.3) is 0 Å². The van der Waals surface area contributed by atoms with Crippen molar-refractivity contribution in [3.05, 3.63) is 75.0 Å². The molecule has 0 fully saturated rings. The lowest BCUT2D eigenvalue weighted by Gasteiger charge is -2.05. The van der Waals surface area contributed by atoms with Crippen molar-refractivity contribution < 1.29 is 13.2 Å². The fraction of sp³-hybridized carbons (Fsp3) is 0.125. The molecule has 124 valence electrons. The summed E-state index contributed by atoms with van der Waals surface area (Å²) in [5.41, 5.74) is 2.38. The summed E-state index contributed by atoms with van der Waals surface area (Å²) in [5.74, 6) is 0. The van der Waals surface area contributed by atoms with Crippen LogP contribution >= 0.6 is 22.9 Å². The number of aromatic nitrogens is 2. The second-order valence-electron chi connectivity index (χ2n) is 4.96. The molecule has 1 heterocycles. The molecule has 0 aliphatic rings. The lowest BCUT2D eigenvalue weighted by Crippen LogP contribution is -2.16. The molecule has 0 radical (unpaired) electrons. The molecule has 0 aliphatic carbocycles. The number of rotatable bonds is 3. The SMILES string of the molecule is FC(F)(F)c1ccc(N=c2scnn2Cc2ccc(Cl)cc2)cc1. The molecule has 8 heteroatoms. The third-order valence-corrected chi connectivity index (χ3v) is 4.19. The lowest BCUT2D eigenvalue weighted by atomic mass is 10.2. The summed E-state index contributed by atoms with van der Waals surface area (Å²) in [5, 5.41) is 4.87. The van der Waals surface area contributed by atoms with Crippen molar-refractivity contribution in [2.24, 2.45) is 4.99 Å². The summed E-state index contributed by atoms with van der Waals surface area (Å²) in [6, 6.07) is 12.1. The Morgan fingerprint density at radius 3 is 2.33 bits per heavy atom. The van der Waals surface area contributed by atoms with Gasteiger partial charge < -0.3 is 0 Å². The first-order valence-corrected chi connectivity index (χ1v) is 8.14. The molecule has 0 N–H and O–H groups in total. The van der Waals surface area contributed by atoms with E-state index in [9.17, 15) is 13.2 Å². The van der Waals surface area contributed by atoms with E-state index in [1.54, 1.807) is 22.3 Å². The number of nitrogens with zero attached hydrogens (tertiary/aromatic N) is 3. The lowest BCUT2D eigenvalue weighted by molar-refractivity contribution is -0.137. The molecular weight excluding hydrogens is 359 g/mol. The molecule has 2 aromatic carbocycles. The van der Waals surface area contributed by atoms with Gasteiger partial charge in [0.15, 0.2) is 0 Å². The van der Waals surface area contributed by atoms with Crippen molar-refractivity contribution in [2.75, 3.05) is 0 Å². The maximum Gasteiger partial charge on any atom is 0.416 e. The highest BCUT2D eigenvalue weighted by molar-refractivity contribution is 7.06. The van der Waals surface area contributed by atoms with E-state index < -0.39 is 11.7 Å². The first-order chi connectivity index (χ1) is 11.4. The van der Waals surface area contributed by atoms with Crippen LogP contribution < -0.4 is 4.80 Å². The zero-order valence-corrected chi connectivity index (χ0v) is 13.7. The Morgan fingerprint density at radius 1 is 1.04 bits per heavy atom. The predicted octanol–water partition coefficient (Wildman–Crippen LogP) is 4.90. The Morgan fingerprint density at radius 2 is 1.71 bits per heavy atom. The zero-order chi connectivity index (χ0) is 17.2. The van der Waals surface area contributed by atoms with E-state index in [-0.39, 0.29) is 0 Å². The molecule has 3 nitrogen and oxygen atoms in total. The highest BCUT2D eigenvalue weighted by atomic mass is 35.5. The van der Waals surface area contributed by atoms with Gasteiger partial charge in [0.05, 0.1) is 17.8 Å². The molecule has 0 aliphatic heterocycles. The molecule has 0 saturated heterocycles. The largest absolute Gasteiger partial charge is 0.416 e. The van der Waals surface area contributed by atoms with Gasteiger partial charge in [0.1, 0.15) is 5.51 Å². The molecule has 3 aromatic rings. The van der Waals surface area contributed by atoms with Crippen LogP contribution in [0.1, 0.15) is 11.1 Å². The van der Waals surface area contributed by atoms with Gasteiger partial charge in [-0.15, -0.1) is 0 Å². The van der Waals surface area contributed by atoms with Crippen LogP contribution in [0.4, 0.5) is 18.9 Å². The summed E-state index contributed by atoms with van der Waals surface area (Å²) in [7, 11) is 0. The number of hydrogen-bond acceptors (Lipinski definition) is 3. The molecule has 0 unspecified atom stereocenters. The van der Waals surface area contributed by atoms with Crippen LogP contribution in [0.2, 0.25) is 5.02 Å². The monoisotopic (exact) mass is 369 g/mol. The minimum atomic E-state index is -4.35. The molecule has 0 bridgehead atoms. The van der Waals surface area contributed by atoms with E-state index in [1.807, 2.05) is 12.1 Å². The van der Waals surface area contributed by atoms with Gasteiger partial charge in [-0.25, -0.2) is 9.67 Å². The minimum absolute atomic E-state index is 0.442. The number of alkyl halides is 3. The highest BCUT2D eigenvalue weighted by Crippen LogP contribution is 2.30. The summed E-state index contributed by atoms with van der Waals surface area (Å²) in [6.45, 7) is 0.500. The van der Waals surface area contributed by atoms with Crippen LogP contribution in [-0.4, -0.2) is 9.78 Å². The smallest absolute Gasteiger partial charge is 0.234 e. The fourth-order valence-corrected chi connectivity index (χ4v) is 2.80. The molecule has 0 amide bonds. The summed E-state index contributed by atoms with van der Waals surface area (Å²) < 4.78 is 39.4. The van der Waals surface area contributed by atoms with Crippen LogP contribution in [-0.2, 0) is 12.7 Å². The topological polar surface area (TPSA) is 30.2 Å². The number of benzene rings is 2. The Bertz CT molecular complexity index is 880. The average Bonchev–Trinajstić information content (AvgIpc) is 2.96. The summed E-state index contributed by atoms with van der Waals surface area (Å²) >= 11 is 7.17. The van der Waals surface area contributed by atoms with Crippen molar-refractivity contribution in [3.63, 3.8) is 0 Å². The van der Waals surface area contributed by atoms with Crippen LogP contribution in [0.5, 0.6) is 0 Å². The van der Waals surface area contributed by atoms with Gasteiger partial charge in [-0.3, -0.25) is 0 Å². The molecule has 0 atom stereocenters. The summed E-state index contributed by atoms with van der Waals surface area (Å²) in [6.07, 6.45) is -4.35. The van der Waals surface area contributed by atoms with Crippen molar-refractivity contribution in [3.8, 4) is 0 Å². The van der Waals surface area contributed by atoms with E-state index >= 15 is 0 Å². The van der Waals surface area contributed by atoms with Crippen molar-refractivity contribution in [1.29, 1.82) is 0 Å². The normalized spacial score (nSPS) is 12.6. The van der Waals surface area contributed by atoms with E-state index in [1.165, 1.54) is 23.5 Å². The van der Waals surface area contributed by atoms with Gasteiger partial charge >= 0.3 is 6.18 Å². The minimum Gasteiger partial charge on any atom is -0.234 e. The van der Waals surface area contributed by atoms with Gasteiger partial charge in [-0.05, 0) is 42.0 Å². The first kappa shape index (κ1) is 16.7. The fourth-order valence-electron chi connectivity index (χ4n) is 2.03. The van der Waals surface area contributed by atoms with Gasteiger partial charge in [0.2, 0.25) is 4.80 Å². The number of hydrogen-bond donors (Lipinski definition) is 0. The maximum atomic E-state index is 12.6. The van der Waals surface area contributed by atoms with E-state index in [4.69, 9.17) is 11.6 Å². The quantitative estimate of drug-likeness (QED) is 0.646. The van der Waals surface area contributed by atoms with Crippen molar-refractivity contribution in [2.45, 2.75) is 12.7 Å². The third-order valence-electron chi connectivity index (χ3n) is 3.23. The van der Waals surface area contributed by atoms with Gasteiger partial charge in [-0.1, -0.05) is 35.1 Å². The zero-order valence-electron chi connectivity index (χ0n) is 12.2.